The molecule has 3 N–H and O–H groups in total. The maximum atomic E-state index is 13.7. The minimum Gasteiger partial charge on any atom is -0.456 e. The molecule has 3 nitrogen and oxygen atoms in total. The standard InChI is InChI=1S/C15H17FN2O/c16-11-6-1-3-8-7-12(19-15(8)11)14(18-17)13-9-4-2-5-10(9)13/h1,3,6-7,9-10,13-14,18H,2,4-5,17H2. The fraction of sp³-hybridized carbons (Fsp3) is 0.467. The van der Waals surface area contributed by atoms with Crippen LogP contribution in [0.5, 0.6) is 0 Å². The molecular formula is C15H17FN2O. The minimum absolute atomic E-state index is 0.0158. The summed E-state index contributed by atoms with van der Waals surface area (Å²) in [4.78, 5) is 0. The molecule has 4 rings (SSSR count). The van der Waals surface area contributed by atoms with Gasteiger partial charge in [-0.3, -0.25) is 5.84 Å². The Labute approximate surface area is 110 Å². The zero-order valence-electron chi connectivity index (χ0n) is 10.6. The molecule has 2 saturated carbocycles. The number of furan rings is 1. The zero-order chi connectivity index (χ0) is 13.0. The zero-order valence-corrected chi connectivity index (χ0v) is 10.6. The molecule has 2 aromatic rings. The van der Waals surface area contributed by atoms with Crippen molar-refractivity contribution >= 4 is 11.0 Å². The molecule has 2 fully saturated rings. The van der Waals surface area contributed by atoms with Gasteiger partial charge in [0.2, 0.25) is 0 Å². The third kappa shape index (κ3) is 1.63. The van der Waals surface area contributed by atoms with Gasteiger partial charge in [-0.1, -0.05) is 18.6 Å². The number of benzene rings is 1. The van der Waals surface area contributed by atoms with Gasteiger partial charge >= 0.3 is 0 Å². The SMILES string of the molecule is NNC(c1cc2cccc(F)c2o1)C1C2CCCC21. The lowest BCUT2D eigenvalue weighted by atomic mass is 10.0. The number of para-hydroxylation sites is 1. The largest absolute Gasteiger partial charge is 0.456 e. The van der Waals surface area contributed by atoms with E-state index in [0.29, 0.717) is 11.5 Å². The Morgan fingerprint density at radius 3 is 2.79 bits per heavy atom. The number of nitrogens with one attached hydrogen (secondary N) is 1. The van der Waals surface area contributed by atoms with Crippen LogP contribution >= 0.6 is 0 Å². The van der Waals surface area contributed by atoms with Gasteiger partial charge < -0.3 is 4.42 Å². The molecule has 3 atom stereocenters. The van der Waals surface area contributed by atoms with Gasteiger partial charge in [-0.05, 0) is 42.7 Å². The highest BCUT2D eigenvalue weighted by atomic mass is 19.1. The highest BCUT2D eigenvalue weighted by Crippen LogP contribution is 2.62. The summed E-state index contributed by atoms with van der Waals surface area (Å²) in [5.41, 5.74) is 3.21. The Bertz CT molecular complexity index is 614. The van der Waals surface area contributed by atoms with Gasteiger partial charge in [0.15, 0.2) is 11.4 Å². The van der Waals surface area contributed by atoms with Gasteiger partial charge in [0, 0.05) is 5.39 Å². The third-order valence-electron chi connectivity index (χ3n) is 4.86. The van der Waals surface area contributed by atoms with E-state index in [1.807, 2.05) is 12.1 Å². The van der Waals surface area contributed by atoms with E-state index in [1.54, 1.807) is 6.07 Å². The molecule has 0 bridgehead atoms. The van der Waals surface area contributed by atoms with Crippen molar-refractivity contribution in [1.82, 2.24) is 5.43 Å². The summed E-state index contributed by atoms with van der Waals surface area (Å²) < 4.78 is 19.4. The van der Waals surface area contributed by atoms with Crippen LogP contribution in [0, 0.1) is 23.6 Å². The topological polar surface area (TPSA) is 51.2 Å². The molecule has 100 valence electrons. The van der Waals surface area contributed by atoms with Gasteiger partial charge in [-0.25, -0.2) is 9.82 Å². The summed E-state index contributed by atoms with van der Waals surface area (Å²) in [5, 5.41) is 0.807. The van der Waals surface area contributed by atoms with E-state index in [-0.39, 0.29) is 11.9 Å². The van der Waals surface area contributed by atoms with Crippen LogP contribution < -0.4 is 11.3 Å². The van der Waals surface area contributed by atoms with Gasteiger partial charge in [-0.2, -0.15) is 0 Å². The number of halogens is 1. The minimum atomic E-state index is -0.310. The van der Waals surface area contributed by atoms with E-state index in [0.717, 1.165) is 23.0 Å². The maximum Gasteiger partial charge on any atom is 0.169 e. The van der Waals surface area contributed by atoms with Crippen molar-refractivity contribution in [2.24, 2.45) is 23.6 Å². The van der Waals surface area contributed by atoms with Crippen molar-refractivity contribution in [3.05, 3.63) is 35.8 Å². The first-order valence-corrected chi connectivity index (χ1v) is 6.93. The maximum absolute atomic E-state index is 13.7. The second-order valence-corrected chi connectivity index (χ2v) is 5.79. The van der Waals surface area contributed by atoms with Crippen LogP contribution in [0.3, 0.4) is 0 Å². The van der Waals surface area contributed by atoms with Crippen LogP contribution in [0.15, 0.2) is 28.7 Å². The molecule has 2 aliphatic carbocycles. The third-order valence-corrected chi connectivity index (χ3v) is 4.86. The lowest BCUT2D eigenvalue weighted by molar-refractivity contribution is 0.361. The Kier molecular flexibility index (Phi) is 2.44. The summed E-state index contributed by atoms with van der Waals surface area (Å²) in [6, 6.07) is 6.92. The predicted octanol–water partition coefficient (Wildman–Crippen LogP) is 3.12. The summed E-state index contributed by atoms with van der Waals surface area (Å²) in [5.74, 6) is 8.27. The van der Waals surface area contributed by atoms with Gasteiger partial charge in [0.25, 0.3) is 0 Å². The number of nitrogens with two attached hydrogens (primary N) is 1. The first-order valence-electron chi connectivity index (χ1n) is 6.93. The molecule has 2 aliphatic rings. The van der Waals surface area contributed by atoms with E-state index >= 15 is 0 Å². The summed E-state index contributed by atoms with van der Waals surface area (Å²) in [6.07, 6.45) is 3.92. The van der Waals surface area contributed by atoms with Crippen molar-refractivity contribution in [2.45, 2.75) is 25.3 Å². The molecule has 4 heteroatoms. The van der Waals surface area contributed by atoms with E-state index in [1.165, 1.54) is 25.3 Å². The first-order chi connectivity index (χ1) is 9.29. The van der Waals surface area contributed by atoms with Crippen LogP contribution in [0.4, 0.5) is 4.39 Å². The summed E-state index contributed by atoms with van der Waals surface area (Å²) >= 11 is 0. The number of rotatable bonds is 3. The van der Waals surface area contributed by atoms with Crippen molar-refractivity contribution in [3.8, 4) is 0 Å². The van der Waals surface area contributed by atoms with E-state index < -0.39 is 0 Å². The molecular weight excluding hydrogens is 243 g/mol. The lowest BCUT2D eigenvalue weighted by Gasteiger charge is -2.15. The highest BCUT2D eigenvalue weighted by Gasteiger charge is 2.56. The molecule has 0 saturated heterocycles. The van der Waals surface area contributed by atoms with Crippen LogP contribution in [0.2, 0.25) is 0 Å². The van der Waals surface area contributed by atoms with Crippen molar-refractivity contribution in [2.75, 3.05) is 0 Å². The lowest BCUT2D eigenvalue weighted by Crippen LogP contribution is -2.30. The average Bonchev–Trinajstić information content (AvgIpc) is 2.84. The Balaban J connectivity index is 1.70. The van der Waals surface area contributed by atoms with Gasteiger partial charge in [-0.15, -0.1) is 0 Å². The van der Waals surface area contributed by atoms with E-state index in [4.69, 9.17) is 10.3 Å². The molecule has 19 heavy (non-hydrogen) atoms. The monoisotopic (exact) mass is 260 g/mol. The molecule has 1 aromatic carbocycles. The second kappa shape index (κ2) is 4.05. The number of hydrazine groups is 1. The normalized spacial score (nSPS) is 30.5. The quantitative estimate of drug-likeness (QED) is 0.658. The molecule has 1 aromatic heterocycles. The predicted molar refractivity (Wildman–Crippen MR) is 70.6 cm³/mol. The second-order valence-electron chi connectivity index (χ2n) is 5.79. The van der Waals surface area contributed by atoms with E-state index in [2.05, 4.69) is 5.43 Å². The van der Waals surface area contributed by atoms with Gasteiger partial charge in [0.1, 0.15) is 5.76 Å². The van der Waals surface area contributed by atoms with Crippen molar-refractivity contribution in [1.29, 1.82) is 0 Å². The summed E-state index contributed by atoms with van der Waals surface area (Å²) in [7, 11) is 0. The fourth-order valence-corrected chi connectivity index (χ4v) is 3.95. The first kappa shape index (κ1) is 11.4. The van der Waals surface area contributed by atoms with Crippen molar-refractivity contribution in [3.63, 3.8) is 0 Å². The number of fused-ring (bicyclic) bond motifs is 2. The fourth-order valence-electron chi connectivity index (χ4n) is 3.95. The Morgan fingerprint density at radius 1 is 1.32 bits per heavy atom. The average molecular weight is 260 g/mol. The molecule has 0 amide bonds. The van der Waals surface area contributed by atoms with Crippen LogP contribution in [-0.2, 0) is 0 Å². The molecule has 0 aliphatic heterocycles. The number of hydrogen-bond acceptors (Lipinski definition) is 3. The molecule has 0 radical (unpaired) electrons. The van der Waals surface area contributed by atoms with E-state index in [9.17, 15) is 4.39 Å². The van der Waals surface area contributed by atoms with Gasteiger partial charge in [0.05, 0.1) is 6.04 Å². The van der Waals surface area contributed by atoms with Crippen molar-refractivity contribution < 1.29 is 8.81 Å². The smallest absolute Gasteiger partial charge is 0.169 e. The highest BCUT2D eigenvalue weighted by molar-refractivity contribution is 5.78. The van der Waals surface area contributed by atoms with Crippen LogP contribution in [-0.4, -0.2) is 0 Å². The summed E-state index contributed by atoms with van der Waals surface area (Å²) in [6.45, 7) is 0. The number of hydrogen-bond donors (Lipinski definition) is 2. The Morgan fingerprint density at radius 2 is 2.11 bits per heavy atom. The van der Waals surface area contributed by atoms with Crippen LogP contribution in [0.25, 0.3) is 11.0 Å². The Hall–Kier alpha value is -1.39. The van der Waals surface area contributed by atoms with Crippen LogP contribution in [0.1, 0.15) is 31.1 Å². The molecule has 1 heterocycles. The molecule has 0 spiro atoms. The molecule has 3 unspecified atom stereocenters.